The summed E-state index contributed by atoms with van der Waals surface area (Å²) in [5.41, 5.74) is 0. The van der Waals surface area contributed by atoms with Gasteiger partial charge in [-0.05, 0) is 12.8 Å². The van der Waals surface area contributed by atoms with Crippen LogP contribution in [0.15, 0.2) is 0 Å². The number of unbranched alkanes of at least 4 members (excludes halogenated alkanes) is 17. The second-order valence-electron chi connectivity index (χ2n) is 8.89. The van der Waals surface area contributed by atoms with E-state index in [2.05, 4.69) is 13.8 Å². The summed E-state index contributed by atoms with van der Waals surface area (Å²) < 4.78 is 5.23. The lowest BCUT2D eigenvalue weighted by atomic mass is 10.0. The first-order valence-corrected chi connectivity index (χ1v) is 13.0. The average molecular weight is 413 g/mol. The molecule has 1 atom stereocenters. The Balaban J connectivity index is 3.30. The van der Waals surface area contributed by atoms with E-state index in [1.165, 1.54) is 103 Å². The zero-order valence-corrected chi connectivity index (χ0v) is 19.9. The van der Waals surface area contributed by atoms with Gasteiger partial charge in [0.15, 0.2) is 0 Å². The zero-order valence-electron chi connectivity index (χ0n) is 19.9. The summed E-state index contributed by atoms with van der Waals surface area (Å²) in [4.78, 5) is 11.8. The molecule has 0 aliphatic rings. The maximum Gasteiger partial charge on any atom is 0.305 e. The number of esters is 1. The van der Waals surface area contributed by atoms with Gasteiger partial charge in [-0.3, -0.25) is 4.79 Å². The van der Waals surface area contributed by atoms with Gasteiger partial charge in [-0.2, -0.15) is 0 Å². The highest BCUT2D eigenvalue weighted by Crippen LogP contribution is 2.13. The second kappa shape index (κ2) is 23.7. The minimum atomic E-state index is -0.490. The molecule has 0 heterocycles. The van der Waals surface area contributed by atoms with Gasteiger partial charge in [0.05, 0.1) is 6.10 Å². The van der Waals surface area contributed by atoms with Gasteiger partial charge in [0.2, 0.25) is 0 Å². The molecule has 1 unspecified atom stereocenters. The van der Waals surface area contributed by atoms with Crippen molar-refractivity contribution >= 4 is 5.97 Å². The Morgan fingerprint density at radius 3 is 1.45 bits per heavy atom. The van der Waals surface area contributed by atoms with Gasteiger partial charge in [-0.25, -0.2) is 0 Å². The third-order valence-corrected chi connectivity index (χ3v) is 5.81. The molecular weight excluding hydrogens is 360 g/mol. The maximum absolute atomic E-state index is 11.8. The molecule has 0 spiro atoms. The predicted molar refractivity (Wildman–Crippen MR) is 125 cm³/mol. The van der Waals surface area contributed by atoms with Crippen molar-refractivity contribution < 1.29 is 14.6 Å². The smallest absolute Gasteiger partial charge is 0.305 e. The van der Waals surface area contributed by atoms with E-state index >= 15 is 0 Å². The Bertz CT molecular complexity index is 330. The van der Waals surface area contributed by atoms with Crippen LogP contribution >= 0.6 is 0 Å². The van der Waals surface area contributed by atoms with E-state index in [9.17, 15) is 9.90 Å². The Kier molecular flexibility index (Phi) is 23.2. The first kappa shape index (κ1) is 28.4. The molecule has 0 aliphatic heterocycles. The molecule has 0 aromatic carbocycles. The topological polar surface area (TPSA) is 46.5 Å². The third kappa shape index (κ3) is 23.6. The highest BCUT2D eigenvalue weighted by Gasteiger charge is 2.08. The van der Waals surface area contributed by atoms with Gasteiger partial charge in [-0.15, -0.1) is 0 Å². The molecule has 1 N–H and O–H groups in total. The Morgan fingerprint density at radius 1 is 0.621 bits per heavy atom. The van der Waals surface area contributed by atoms with Gasteiger partial charge in [-0.1, -0.05) is 129 Å². The molecule has 0 aliphatic carbocycles. The van der Waals surface area contributed by atoms with E-state index in [-0.39, 0.29) is 12.6 Å². The summed E-state index contributed by atoms with van der Waals surface area (Å²) in [6.07, 6.45) is 25.0. The molecule has 29 heavy (non-hydrogen) atoms. The summed E-state index contributed by atoms with van der Waals surface area (Å²) in [5, 5.41) is 9.97. The fourth-order valence-corrected chi connectivity index (χ4v) is 3.79. The van der Waals surface area contributed by atoms with Crippen molar-refractivity contribution in [1.29, 1.82) is 0 Å². The van der Waals surface area contributed by atoms with E-state index in [4.69, 9.17) is 4.74 Å². The molecule has 0 saturated carbocycles. The maximum atomic E-state index is 11.8. The van der Waals surface area contributed by atoms with Crippen molar-refractivity contribution in [2.24, 2.45) is 0 Å². The standard InChI is InChI=1S/C26H52O3/c1-3-5-7-9-11-13-15-16-18-20-22-25(27)24-29-26(28)23-21-19-17-14-12-10-8-6-4-2/h25,27H,3-24H2,1-2H3. The summed E-state index contributed by atoms with van der Waals surface area (Å²) in [7, 11) is 0. The molecule has 174 valence electrons. The van der Waals surface area contributed by atoms with Crippen molar-refractivity contribution in [3.8, 4) is 0 Å². The predicted octanol–water partition coefficient (Wildman–Crippen LogP) is 8.12. The lowest BCUT2D eigenvalue weighted by Crippen LogP contribution is -2.18. The summed E-state index contributed by atoms with van der Waals surface area (Å²) in [6.45, 7) is 4.68. The van der Waals surface area contributed by atoms with Gasteiger partial charge in [0.1, 0.15) is 6.61 Å². The van der Waals surface area contributed by atoms with Gasteiger partial charge >= 0.3 is 5.97 Å². The van der Waals surface area contributed by atoms with Crippen LogP contribution in [-0.4, -0.2) is 23.8 Å². The third-order valence-electron chi connectivity index (χ3n) is 5.81. The zero-order chi connectivity index (χ0) is 21.4. The largest absolute Gasteiger partial charge is 0.463 e. The SMILES string of the molecule is CCCCCCCCCCCCC(O)COC(=O)CCCCCCCCCCC. The van der Waals surface area contributed by atoms with Crippen molar-refractivity contribution in [2.45, 2.75) is 155 Å². The first-order chi connectivity index (χ1) is 14.2. The molecule has 0 saturated heterocycles. The number of hydrogen-bond donors (Lipinski definition) is 1. The fraction of sp³-hybridized carbons (Fsp3) is 0.962. The van der Waals surface area contributed by atoms with Crippen molar-refractivity contribution in [3.05, 3.63) is 0 Å². The van der Waals surface area contributed by atoms with Gasteiger partial charge < -0.3 is 9.84 Å². The van der Waals surface area contributed by atoms with Crippen LogP contribution in [-0.2, 0) is 9.53 Å². The molecule has 0 aromatic rings. The number of carbonyl (C=O) groups excluding carboxylic acids is 1. The normalized spacial score (nSPS) is 12.2. The quantitative estimate of drug-likeness (QED) is 0.136. The van der Waals surface area contributed by atoms with Crippen LogP contribution in [0.1, 0.15) is 149 Å². The number of aliphatic hydroxyl groups excluding tert-OH is 1. The average Bonchev–Trinajstić information content (AvgIpc) is 2.72. The number of ether oxygens (including phenoxy) is 1. The molecule has 0 aromatic heterocycles. The van der Waals surface area contributed by atoms with Gasteiger partial charge in [0, 0.05) is 6.42 Å². The Hall–Kier alpha value is -0.570. The van der Waals surface area contributed by atoms with Crippen LogP contribution in [0.2, 0.25) is 0 Å². The lowest BCUT2D eigenvalue weighted by molar-refractivity contribution is -0.146. The molecule has 3 nitrogen and oxygen atoms in total. The fourth-order valence-electron chi connectivity index (χ4n) is 3.79. The van der Waals surface area contributed by atoms with Crippen molar-refractivity contribution in [3.63, 3.8) is 0 Å². The highest BCUT2D eigenvalue weighted by molar-refractivity contribution is 5.69. The van der Waals surface area contributed by atoms with Crippen LogP contribution in [0.5, 0.6) is 0 Å². The minimum absolute atomic E-state index is 0.143. The summed E-state index contributed by atoms with van der Waals surface area (Å²) in [5.74, 6) is -0.143. The molecule has 0 fully saturated rings. The van der Waals surface area contributed by atoms with E-state index in [1.54, 1.807) is 0 Å². The van der Waals surface area contributed by atoms with E-state index in [1.807, 2.05) is 0 Å². The first-order valence-electron chi connectivity index (χ1n) is 13.0. The number of rotatable bonds is 23. The van der Waals surface area contributed by atoms with Crippen LogP contribution in [0.4, 0.5) is 0 Å². The van der Waals surface area contributed by atoms with Crippen LogP contribution in [0.3, 0.4) is 0 Å². The van der Waals surface area contributed by atoms with E-state index in [0.29, 0.717) is 6.42 Å². The monoisotopic (exact) mass is 412 g/mol. The van der Waals surface area contributed by atoms with E-state index < -0.39 is 6.10 Å². The molecule has 0 amide bonds. The molecule has 0 radical (unpaired) electrons. The summed E-state index contributed by atoms with van der Waals surface area (Å²) in [6, 6.07) is 0. The minimum Gasteiger partial charge on any atom is -0.463 e. The summed E-state index contributed by atoms with van der Waals surface area (Å²) >= 11 is 0. The molecular formula is C26H52O3. The van der Waals surface area contributed by atoms with Crippen LogP contribution in [0, 0.1) is 0 Å². The van der Waals surface area contributed by atoms with E-state index in [0.717, 1.165) is 25.7 Å². The molecule has 0 bridgehead atoms. The van der Waals surface area contributed by atoms with Gasteiger partial charge in [0.25, 0.3) is 0 Å². The Labute approximate surface area is 182 Å². The van der Waals surface area contributed by atoms with Crippen molar-refractivity contribution in [1.82, 2.24) is 0 Å². The number of hydrogen-bond acceptors (Lipinski definition) is 3. The number of aliphatic hydroxyl groups is 1. The second-order valence-corrected chi connectivity index (χ2v) is 8.89. The van der Waals surface area contributed by atoms with Crippen molar-refractivity contribution in [2.75, 3.05) is 6.61 Å². The lowest BCUT2D eigenvalue weighted by Gasteiger charge is -2.11. The molecule has 0 rings (SSSR count). The molecule has 3 heteroatoms. The van der Waals surface area contributed by atoms with Crippen LogP contribution in [0.25, 0.3) is 0 Å². The Morgan fingerprint density at radius 2 is 1.00 bits per heavy atom. The highest BCUT2D eigenvalue weighted by atomic mass is 16.5. The van der Waals surface area contributed by atoms with Crippen LogP contribution < -0.4 is 0 Å². The number of carbonyl (C=O) groups is 1.